The van der Waals surface area contributed by atoms with Crippen molar-refractivity contribution in [3.05, 3.63) is 34.2 Å². The minimum absolute atomic E-state index is 0.246. The zero-order chi connectivity index (χ0) is 13.3. The van der Waals surface area contributed by atoms with Crippen LogP contribution in [-0.4, -0.2) is 12.0 Å². The van der Waals surface area contributed by atoms with Gasteiger partial charge in [0.05, 0.1) is 16.3 Å². The molecule has 0 saturated heterocycles. The average Bonchev–Trinajstić information content (AvgIpc) is 2.76. The van der Waals surface area contributed by atoms with Crippen LogP contribution >= 0.6 is 22.9 Å². The number of halogens is 4. The van der Waals surface area contributed by atoms with E-state index in [1.807, 2.05) is 0 Å². The molecule has 0 radical (unpaired) electrons. The summed E-state index contributed by atoms with van der Waals surface area (Å²) in [6.07, 6.45) is -4.39. The average molecular weight is 293 g/mol. The number of anilines is 1. The standard InChI is InChI=1S/C11H8ClF3N2S/c1-16-10-17-9(5-18-10)7-4-6(11(13,14)15)2-3-8(7)12/h2-5H,1H3,(H,16,17). The number of nitrogens with one attached hydrogen (secondary N) is 1. The zero-order valence-electron chi connectivity index (χ0n) is 9.18. The lowest BCUT2D eigenvalue weighted by atomic mass is 10.1. The molecule has 96 valence electrons. The topological polar surface area (TPSA) is 24.9 Å². The predicted octanol–water partition coefficient (Wildman–Crippen LogP) is 4.52. The Morgan fingerprint density at radius 2 is 2.06 bits per heavy atom. The third-order valence-electron chi connectivity index (χ3n) is 2.29. The minimum atomic E-state index is -4.39. The van der Waals surface area contributed by atoms with Crippen LogP contribution in [-0.2, 0) is 6.18 Å². The number of hydrogen-bond donors (Lipinski definition) is 1. The fraction of sp³-hybridized carbons (Fsp3) is 0.182. The minimum Gasteiger partial charge on any atom is -0.365 e. The fourth-order valence-corrected chi connectivity index (χ4v) is 2.30. The zero-order valence-corrected chi connectivity index (χ0v) is 10.7. The highest BCUT2D eigenvalue weighted by molar-refractivity contribution is 7.14. The second-order valence-corrected chi connectivity index (χ2v) is 4.75. The molecule has 1 N–H and O–H groups in total. The highest BCUT2D eigenvalue weighted by Gasteiger charge is 2.31. The van der Waals surface area contributed by atoms with Crippen molar-refractivity contribution in [1.29, 1.82) is 0 Å². The van der Waals surface area contributed by atoms with E-state index in [1.165, 1.54) is 17.4 Å². The van der Waals surface area contributed by atoms with Crippen LogP contribution in [0.4, 0.5) is 18.3 Å². The lowest BCUT2D eigenvalue weighted by Gasteiger charge is -2.09. The van der Waals surface area contributed by atoms with Gasteiger partial charge in [0.1, 0.15) is 0 Å². The van der Waals surface area contributed by atoms with Crippen molar-refractivity contribution in [3.63, 3.8) is 0 Å². The Morgan fingerprint density at radius 3 is 2.61 bits per heavy atom. The van der Waals surface area contributed by atoms with Crippen molar-refractivity contribution in [2.24, 2.45) is 0 Å². The lowest BCUT2D eigenvalue weighted by molar-refractivity contribution is -0.137. The summed E-state index contributed by atoms with van der Waals surface area (Å²) in [6, 6.07) is 3.20. The number of thiazole rings is 1. The van der Waals surface area contributed by atoms with Gasteiger partial charge in [0, 0.05) is 18.0 Å². The molecule has 2 nitrogen and oxygen atoms in total. The third kappa shape index (κ3) is 2.59. The Balaban J connectivity index is 2.49. The van der Waals surface area contributed by atoms with Gasteiger partial charge in [0.25, 0.3) is 0 Å². The first-order valence-corrected chi connectivity index (χ1v) is 6.18. The van der Waals surface area contributed by atoms with Gasteiger partial charge in [-0.05, 0) is 18.2 Å². The third-order valence-corrected chi connectivity index (χ3v) is 3.48. The van der Waals surface area contributed by atoms with E-state index in [9.17, 15) is 13.2 Å². The number of aromatic nitrogens is 1. The first kappa shape index (κ1) is 13.2. The molecule has 18 heavy (non-hydrogen) atoms. The number of hydrogen-bond acceptors (Lipinski definition) is 3. The van der Waals surface area contributed by atoms with Gasteiger partial charge in [-0.15, -0.1) is 11.3 Å². The monoisotopic (exact) mass is 292 g/mol. The summed E-state index contributed by atoms with van der Waals surface area (Å²) in [7, 11) is 1.69. The second kappa shape index (κ2) is 4.78. The molecule has 2 aromatic rings. The summed E-state index contributed by atoms with van der Waals surface area (Å²) in [5.41, 5.74) is -0.0226. The molecule has 0 bridgehead atoms. The molecular weight excluding hydrogens is 285 g/mol. The number of benzene rings is 1. The van der Waals surface area contributed by atoms with Crippen LogP contribution in [0.1, 0.15) is 5.56 Å². The van der Waals surface area contributed by atoms with Crippen molar-refractivity contribution in [1.82, 2.24) is 4.98 Å². The van der Waals surface area contributed by atoms with E-state index in [2.05, 4.69) is 10.3 Å². The van der Waals surface area contributed by atoms with E-state index in [4.69, 9.17) is 11.6 Å². The largest absolute Gasteiger partial charge is 0.416 e. The van der Waals surface area contributed by atoms with E-state index in [0.29, 0.717) is 10.8 Å². The highest BCUT2D eigenvalue weighted by atomic mass is 35.5. The molecule has 0 spiro atoms. The molecule has 0 fully saturated rings. The van der Waals surface area contributed by atoms with Gasteiger partial charge >= 0.3 is 6.18 Å². The highest BCUT2D eigenvalue weighted by Crippen LogP contribution is 2.36. The molecule has 1 heterocycles. The lowest BCUT2D eigenvalue weighted by Crippen LogP contribution is -2.04. The van der Waals surface area contributed by atoms with E-state index >= 15 is 0 Å². The summed E-state index contributed by atoms with van der Waals surface area (Å²) in [5, 5.41) is 5.35. The first-order chi connectivity index (χ1) is 8.41. The Hall–Kier alpha value is -1.27. The van der Waals surface area contributed by atoms with Crippen LogP contribution in [0.3, 0.4) is 0 Å². The van der Waals surface area contributed by atoms with Crippen molar-refractivity contribution in [2.45, 2.75) is 6.18 Å². The summed E-state index contributed by atoms with van der Waals surface area (Å²) in [6.45, 7) is 0. The van der Waals surface area contributed by atoms with E-state index in [-0.39, 0.29) is 10.6 Å². The van der Waals surface area contributed by atoms with Gasteiger partial charge in [0.15, 0.2) is 5.13 Å². The molecular formula is C11H8ClF3N2S. The maximum absolute atomic E-state index is 12.6. The maximum Gasteiger partial charge on any atom is 0.416 e. The van der Waals surface area contributed by atoms with Crippen LogP contribution < -0.4 is 5.32 Å². The SMILES string of the molecule is CNc1nc(-c2cc(C(F)(F)F)ccc2Cl)cs1. The molecule has 0 atom stereocenters. The molecule has 1 aromatic heterocycles. The number of alkyl halides is 3. The molecule has 0 saturated carbocycles. The quantitative estimate of drug-likeness (QED) is 0.880. The van der Waals surface area contributed by atoms with Gasteiger partial charge in [0.2, 0.25) is 0 Å². The smallest absolute Gasteiger partial charge is 0.365 e. The van der Waals surface area contributed by atoms with Crippen molar-refractivity contribution >= 4 is 28.1 Å². The molecule has 0 amide bonds. The molecule has 0 aliphatic heterocycles. The van der Waals surface area contributed by atoms with Crippen molar-refractivity contribution in [3.8, 4) is 11.3 Å². The Bertz CT molecular complexity index is 566. The molecule has 0 unspecified atom stereocenters. The molecule has 0 aliphatic carbocycles. The van der Waals surface area contributed by atoms with Crippen LogP contribution in [0.5, 0.6) is 0 Å². The first-order valence-electron chi connectivity index (χ1n) is 4.92. The summed E-state index contributed by atoms with van der Waals surface area (Å²) < 4.78 is 37.8. The van der Waals surface area contributed by atoms with Gasteiger partial charge in [-0.2, -0.15) is 13.2 Å². The van der Waals surface area contributed by atoms with Gasteiger partial charge < -0.3 is 5.32 Å². The molecule has 7 heteroatoms. The van der Waals surface area contributed by atoms with Gasteiger partial charge in [-0.3, -0.25) is 0 Å². The van der Waals surface area contributed by atoms with Crippen LogP contribution in [0, 0.1) is 0 Å². The molecule has 1 aromatic carbocycles. The normalized spacial score (nSPS) is 11.6. The summed E-state index contributed by atoms with van der Waals surface area (Å²) >= 11 is 7.21. The molecule has 0 aliphatic rings. The van der Waals surface area contributed by atoms with Gasteiger partial charge in [-0.25, -0.2) is 4.98 Å². The summed E-state index contributed by atoms with van der Waals surface area (Å²) in [4.78, 5) is 4.14. The van der Waals surface area contributed by atoms with Crippen molar-refractivity contribution < 1.29 is 13.2 Å². The Labute approximate surface area is 110 Å². The van der Waals surface area contributed by atoms with Gasteiger partial charge in [-0.1, -0.05) is 11.6 Å². The second-order valence-electron chi connectivity index (χ2n) is 3.48. The molecule has 2 rings (SSSR count). The fourth-order valence-electron chi connectivity index (χ4n) is 1.41. The van der Waals surface area contributed by atoms with E-state index < -0.39 is 11.7 Å². The number of nitrogens with zero attached hydrogens (tertiary/aromatic N) is 1. The van der Waals surface area contributed by atoms with Crippen LogP contribution in [0.15, 0.2) is 23.6 Å². The van der Waals surface area contributed by atoms with E-state index in [0.717, 1.165) is 12.1 Å². The van der Waals surface area contributed by atoms with Crippen LogP contribution in [0.2, 0.25) is 5.02 Å². The summed E-state index contributed by atoms with van der Waals surface area (Å²) in [5.74, 6) is 0. The predicted molar refractivity (Wildman–Crippen MR) is 67.1 cm³/mol. The van der Waals surface area contributed by atoms with Crippen molar-refractivity contribution in [2.75, 3.05) is 12.4 Å². The Kier molecular flexibility index (Phi) is 3.49. The van der Waals surface area contributed by atoms with E-state index in [1.54, 1.807) is 12.4 Å². The Morgan fingerprint density at radius 1 is 1.33 bits per heavy atom. The maximum atomic E-state index is 12.6. The van der Waals surface area contributed by atoms with Crippen LogP contribution in [0.25, 0.3) is 11.3 Å². The number of rotatable bonds is 2.